The van der Waals surface area contributed by atoms with Crippen molar-refractivity contribution < 1.29 is 28.5 Å². The zero-order valence-corrected chi connectivity index (χ0v) is 20.4. The fourth-order valence-corrected chi connectivity index (χ4v) is 3.97. The molecular weight excluding hydrogens is 458 g/mol. The van der Waals surface area contributed by atoms with E-state index < -0.39 is 17.9 Å². The molecule has 0 saturated carbocycles. The summed E-state index contributed by atoms with van der Waals surface area (Å²) in [6.07, 6.45) is 3.39. The summed E-state index contributed by atoms with van der Waals surface area (Å²) < 4.78 is 21.8. The zero-order valence-electron chi connectivity index (χ0n) is 19.7. The smallest absolute Gasteiger partial charge is 0.336 e. The van der Waals surface area contributed by atoms with Crippen LogP contribution in [0.1, 0.15) is 30.9 Å². The number of hydrogen-bond donors (Lipinski definition) is 0. The van der Waals surface area contributed by atoms with Gasteiger partial charge in [0, 0.05) is 29.5 Å². The highest BCUT2D eigenvalue weighted by Crippen LogP contribution is 2.44. The Balaban J connectivity index is 2.16. The van der Waals surface area contributed by atoms with Crippen LogP contribution < -0.4 is 9.47 Å². The van der Waals surface area contributed by atoms with Gasteiger partial charge < -0.3 is 23.8 Å². The molecule has 0 amide bonds. The van der Waals surface area contributed by atoms with Gasteiger partial charge in [-0.15, -0.1) is 0 Å². The van der Waals surface area contributed by atoms with E-state index in [9.17, 15) is 9.59 Å². The third-order valence-electron chi connectivity index (χ3n) is 5.28. The van der Waals surface area contributed by atoms with E-state index in [4.69, 9.17) is 30.5 Å². The molecule has 0 spiro atoms. The van der Waals surface area contributed by atoms with Gasteiger partial charge in [0.15, 0.2) is 11.5 Å². The summed E-state index contributed by atoms with van der Waals surface area (Å²) in [5.74, 6) is -0.937. The molecule has 2 aromatic carbocycles. The molecule has 180 valence electrons. The summed E-state index contributed by atoms with van der Waals surface area (Å²) >= 11 is 6.01. The van der Waals surface area contributed by atoms with Gasteiger partial charge in [0.25, 0.3) is 0 Å². The van der Waals surface area contributed by atoms with Crippen molar-refractivity contribution in [3.05, 3.63) is 82.2 Å². The van der Waals surface area contributed by atoms with Gasteiger partial charge in [0.1, 0.15) is 0 Å². The first kappa shape index (κ1) is 25.2. The maximum Gasteiger partial charge on any atom is 0.336 e. The summed E-state index contributed by atoms with van der Waals surface area (Å²) in [7, 11) is 3.04. The van der Waals surface area contributed by atoms with Crippen molar-refractivity contribution in [2.24, 2.45) is 0 Å². The number of hydrogen-bond acceptors (Lipinski definition) is 7. The van der Waals surface area contributed by atoms with E-state index >= 15 is 0 Å². The molecule has 1 aliphatic heterocycles. The van der Waals surface area contributed by atoms with Crippen LogP contribution in [-0.2, 0) is 25.6 Å². The van der Waals surface area contributed by atoms with Gasteiger partial charge in [0.2, 0.25) is 0 Å². The third kappa shape index (κ3) is 5.54. The number of ether oxygens (including phenoxy) is 4. The van der Waals surface area contributed by atoms with E-state index in [1.54, 1.807) is 61.5 Å². The first-order valence-corrected chi connectivity index (χ1v) is 11.3. The summed E-state index contributed by atoms with van der Waals surface area (Å²) in [5, 5.41) is 0.623. The molecule has 34 heavy (non-hydrogen) atoms. The van der Waals surface area contributed by atoms with Crippen LogP contribution in [0.3, 0.4) is 0 Å². The minimum atomic E-state index is -0.774. The lowest BCUT2D eigenvalue weighted by molar-refractivity contribution is -0.139. The number of carbonyl (C=O) groups excluding carboxylic acids is 2. The van der Waals surface area contributed by atoms with E-state index in [1.807, 2.05) is 12.1 Å². The fraction of sp³-hybridized carbons (Fsp3) is 0.308. The second-order valence-electron chi connectivity index (χ2n) is 7.42. The molecule has 0 fully saturated rings. The molecule has 0 N–H and O–H groups in total. The van der Waals surface area contributed by atoms with Crippen molar-refractivity contribution in [3.63, 3.8) is 0 Å². The van der Waals surface area contributed by atoms with Crippen LogP contribution in [0.4, 0.5) is 0 Å². The van der Waals surface area contributed by atoms with E-state index in [1.165, 1.54) is 14.2 Å². The highest BCUT2D eigenvalue weighted by atomic mass is 35.5. The van der Waals surface area contributed by atoms with Crippen LogP contribution in [-0.4, -0.2) is 44.3 Å². The number of rotatable bonds is 9. The molecule has 0 unspecified atom stereocenters. The van der Waals surface area contributed by atoms with Crippen molar-refractivity contribution in [3.8, 4) is 11.5 Å². The summed E-state index contributed by atoms with van der Waals surface area (Å²) in [6.45, 7) is 4.25. The zero-order chi connectivity index (χ0) is 24.7. The highest BCUT2D eigenvalue weighted by Gasteiger charge is 2.37. The topological polar surface area (TPSA) is 74.3 Å². The number of halogens is 1. The molecular formula is C26H28ClNO6. The average Bonchev–Trinajstić information content (AvgIpc) is 2.84. The maximum absolute atomic E-state index is 13.1. The van der Waals surface area contributed by atoms with Gasteiger partial charge in [-0.3, -0.25) is 0 Å². The van der Waals surface area contributed by atoms with Crippen LogP contribution in [0.2, 0.25) is 5.02 Å². The van der Waals surface area contributed by atoms with Gasteiger partial charge in [0.05, 0.1) is 44.5 Å². The number of carbonyl (C=O) groups is 2. The van der Waals surface area contributed by atoms with Gasteiger partial charge in [-0.1, -0.05) is 35.9 Å². The largest absolute Gasteiger partial charge is 0.493 e. The monoisotopic (exact) mass is 485 g/mol. The van der Waals surface area contributed by atoms with Gasteiger partial charge in [-0.25, -0.2) is 9.59 Å². The van der Waals surface area contributed by atoms with Gasteiger partial charge in [-0.2, -0.15) is 0 Å². The SMILES string of the molecule is CCOC(=O)C1=CN(Cc2ccc(Cl)cc2)C=C(C(=O)OCC)C1c1cccc(OC)c1OC. The summed E-state index contributed by atoms with van der Waals surface area (Å²) in [5.41, 5.74) is 2.10. The van der Waals surface area contributed by atoms with Crippen LogP contribution >= 0.6 is 11.6 Å². The Kier molecular flexibility index (Phi) is 8.60. The Morgan fingerprint density at radius 1 is 0.882 bits per heavy atom. The standard InChI is InChI=1S/C26H28ClNO6/c1-5-33-25(29)20-15-28(14-17-10-12-18(27)13-11-17)16-21(26(30)34-6-2)23(20)19-8-7-9-22(31-3)24(19)32-4/h7-13,15-16,23H,5-6,14H2,1-4H3. The minimum absolute atomic E-state index is 0.188. The molecule has 1 aliphatic rings. The van der Waals surface area contributed by atoms with Crippen molar-refractivity contribution >= 4 is 23.5 Å². The van der Waals surface area contributed by atoms with Crippen LogP contribution in [0.25, 0.3) is 0 Å². The van der Waals surface area contributed by atoms with E-state index in [0.717, 1.165) is 5.56 Å². The third-order valence-corrected chi connectivity index (χ3v) is 5.53. The molecule has 0 atom stereocenters. The summed E-state index contributed by atoms with van der Waals surface area (Å²) in [6, 6.07) is 12.7. The maximum atomic E-state index is 13.1. The first-order valence-electron chi connectivity index (χ1n) is 10.9. The van der Waals surface area contributed by atoms with Gasteiger partial charge in [-0.05, 0) is 37.6 Å². The highest BCUT2D eigenvalue weighted by molar-refractivity contribution is 6.30. The number of esters is 2. The summed E-state index contributed by atoms with van der Waals surface area (Å²) in [4.78, 5) is 28.0. The predicted octanol–water partition coefficient (Wildman–Crippen LogP) is 4.85. The Hall–Kier alpha value is -3.45. The van der Waals surface area contributed by atoms with Crippen molar-refractivity contribution in [2.45, 2.75) is 26.3 Å². The lowest BCUT2D eigenvalue weighted by Crippen LogP contribution is -2.29. The Bertz CT molecular complexity index is 1060. The molecule has 0 aliphatic carbocycles. The second-order valence-corrected chi connectivity index (χ2v) is 7.86. The number of para-hydroxylation sites is 1. The van der Waals surface area contributed by atoms with Crippen LogP contribution in [0, 0.1) is 0 Å². The fourth-order valence-electron chi connectivity index (χ4n) is 3.85. The van der Waals surface area contributed by atoms with E-state index in [0.29, 0.717) is 28.6 Å². The second kappa shape index (κ2) is 11.6. The van der Waals surface area contributed by atoms with Crippen molar-refractivity contribution in [1.29, 1.82) is 0 Å². The van der Waals surface area contributed by atoms with Crippen LogP contribution in [0.15, 0.2) is 66.0 Å². The van der Waals surface area contributed by atoms with Crippen LogP contribution in [0.5, 0.6) is 11.5 Å². The molecule has 2 aromatic rings. The number of benzene rings is 2. The van der Waals surface area contributed by atoms with Gasteiger partial charge >= 0.3 is 11.9 Å². The molecule has 1 heterocycles. The Labute approximate surface area is 204 Å². The molecule has 0 radical (unpaired) electrons. The molecule has 7 nitrogen and oxygen atoms in total. The predicted molar refractivity (Wildman–Crippen MR) is 129 cm³/mol. The molecule has 0 bridgehead atoms. The molecule has 0 aromatic heterocycles. The molecule has 8 heteroatoms. The number of nitrogens with zero attached hydrogens (tertiary/aromatic N) is 1. The normalized spacial score (nSPS) is 13.6. The quantitative estimate of drug-likeness (QED) is 0.470. The Morgan fingerprint density at radius 2 is 1.47 bits per heavy atom. The van der Waals surface area contributed by atoms with E-state index in [2.05, 4.69) is 0 Å². The lowest BCUT2D eigenvalue weighted by Gasteiger charge is -2.31. The first-order chi connectivity index (χ1) is 16.4. The van der Waals surface area contributed by atoms with Crippen molar-refractivity contribution in [2.75, 3.05) is 27.4 Å². The van der Waals surface area contributed by atoms with Crippen molar-refractivity contribution in [1.82, 2.24) is 4.90 Å². The Morgan fingerprint density at radius 3 is 1.97 bits per heavy atom. The molecule has 0 saturated heterocycles. The number of methoxy groups -OCH3 is 2. The lowest BCUT2D eigenvalue weighted by atomic mass is 9.82. The average molecular weight is 486 g/mol. The van der Waals surface area contributed by atoms with E-state index in [-0.39, 0.29) is 24.4 Å². The minimum Gasteiger partial charge on any atom is -0.493 e. The molecule has 3 rings (SSSR count).